The summed E-state index contributed by atoms with van der Waals surface area (Å²) in [7, 11) is 0. The molecule has 1 aromatic rings. The third-order valence-electron chi connectivity index (χ3n) is 3.62. The molecule has 0 saturated carbocycles. The van der Waals surface area contributed by atoms with Crippen LogP contribution in [0.1, 0.15) is 30.6 Å². The van der Waals surface area contributed by atoms with Gasteiger partial charge >= 0.3 is 0 Å². The average Bonchev–Trinajstić information content (AvgIpc) is 2.42. The van der Waals surface area contributed by atoms with Crippen LogP contribution >= 0.6 is 0 Å². The molecule has 1 aliphatic rings. The van der Waals surface area contributed by atoms with Gasteiger partial charge in [-0.3, -0.25) is 9.78 Å². The molecule has 1 saturated heterocycles. The Morgan fingerprint density at radius 1 is 1.63 bits per heavy atom. The van der Waals surface area contributed by atoms with E-state index in [0.29, 0.717) is 18.7 Å². The van der Waals surface area contributed by atoms with Crippen LogP contribution in [-0.4, -0.2) is 46.6 Å². The fraction of sp³-hybridized carbons (Fsp3) is 0.571. The lowest BCUT2D eigenvalue weighted by molar-refractivity contribution is 0.0249. The van der Waals surface area contributed by atoms with E-state index in [1.54, 1.807) is 23.4 Å². The highest BCUT2D eigenvalue weighted by atomic mass is 16.3. The summed E-state index contributed by atoms with van der Waals surface area (Å²) >= 11 is 0. The molecule has 1 amide bonds. The van der Waals surface area contributed by atoms with E-state index in [9.17, 15) is 9.90 Å². The highest BCUT2D eigenvalue weighted by molar-refractivity contribution is 5.99. The molecule has 19 heavy (non-hydrogen) atoms. The SMILES string of the molecule is CCNc1cnccc1C(=O)N1CCC(C)C(O)C1. The summed E-state index contributed by atoms with van der Waals surface area (Å²) in [5, 5.41) is 13.0. The number of amides is 1. The van der Waals surface area contributed by atoms with Gasteiger partial charge in [0.15, 0.2) is 0 Å². The molecule has 1 fully saturated rings. The number of aromatic nitrogens is 1. The summed E-state index contributed by atoms with van der Waals surface area (Å²) < 4.78 is 0. The monoisotopic (exact) mass is 263 g/mol. The van der Waals surface area contributed by atoms with Gasteiger partial charge < -0.3 is 15.3 Å². The van der Waals surface area contributed by atoms with Crippen molar-refractivity contribution in [2.24, 2.45) is 5.92 Å². The lowest BCUT2D eigenvalue weighted by Gasteiger charge is -2.34. The quantitative estimate of drug-likeness (QED) is 0.864. The van der Waals surface area contributed by atoms with Gasteiger partial charge in [-0.1, -0.05) is 6.92 Å². The normalized spacial score (nSPS) is 23.2. The molecule has 2 atom stereocenters. The number of likely N-dealkylation sites (tertiary alicyclic amines) is 1. The number of carbonyl (C=O) groups excluding carboxylic acids is 1. The highest BCUT2D eigenvalue weighted by Gasteiger charge is 2.28. The number of nitrogens with one attached hydrogen (secondary N) is 1. The van der Waals surface area contributed by atoms with Gasteiger partial charge in [-0.25, -0.2) is 0 Å². The standard InChI is InChI=1S/C14H21N3O2/c1-3-16-12-8-15-6-4-11(12)14(19)17-7-5-10(2)13(18)9-17/h4,6,8,10,13,16,18H,3,5,7,9H2,1-2H3. The molecule has 0 aromatic carbocycles. The number of rotatable bonds is 3. The molecule has 2 unspecified atom stereocenters. The lowest BCUT2D eigenvalue weighted by Crippen LogP contribution is -2.46. The third-order valence-corrected chi connectivity index (χ3v) is 3.62. The van der Waals surface area contributed by atoms with Crippen LogP contribution in [0.3, 0.4) is 0 Å². The van der Waals surface area contributed by atoms with Crippen LogP contribution < -0.4 is 5.32 Å². The molecule has 0 radical (unpaired) electrons. The zero-order chi connectivity index (χ0) is 13.8. The van der Waals surface area contributed by atoms with Crippen molar-refractivity contribution >= 4 is 11.6 Å². The Bertz CT molecular complexity index is 450. The minimum atomic E-state index is -0.429. The molecule has 2 rings (SSSR count). The second-order valence-corrected chi connectivity index (χ2v) is 5.04. The van der Waals surface area contributed by atoms with Crippen molar-refractivity contribution in [1.29, 1.82) is 0 Å². The van der Waals surface area contributed by atoms with Gasteiger partial charge in [0.05, 0.1) is 23.6 Å². The van der Waals surface area contributed by atoms with Crippen LogP contribution in [0.15, 0.2) is 18.5 Å². The minimum absolute atomic E-state index is 0.0377. The van der Waals surface area contributed by atoms with Gasteiger partial charge in [0.1, 0.15) is 0 Å². The Kier molecular flexibility index (Phi) is 4.37. The van der Waals surface area contributed by atoms with Crippen molar-refractivity contribution in [2.75, 3.05) is 25.0 Å². The summed E-state index contributed by atoms with van der Waals surface area (Å²) in [6, 6.07) is 1.73. The Morgan fingerprint density at radius 3 is 3.11 bits per heavy atom. The van der Waals surface area contributed by atoms with Gasteiger partial charge in [-0.2, -0.15) is 0 Å². The molecule has 1 aromatic heterocycles. The van der Waals surface area contributed by atoms with Gasteiger partial charge in [0.25, 0.3) is 5.91 Å². The van der Waals surface area contributed by atoms with E-state index in [4.69, 9.17) is 0 Å². The number of β-amino-alcohol motifs (C(OH)–C–C–N with tert-alkyl or cyclic N) is 1. The van der Waals surface area contributed by atoms with E-state index in [2.05, 4.69) is 10.3 Å². The summed E-state index contributed by atoms with van der Waals surface area (Å²) in [6.07, 6.45) is 3.70. The van der Waals surface area contributed by atoms with Gasteiger partial charge in [-0.15, -0.1) is 0 Å². The molecule has 5 heteroatoms. The van der Waals surface area contributed by atoms with Crippen molar-refractivity contribution < 1.29 is 9.90 Å². The molecule has 5 nitrogen and oxygen atoms in total. The molecule has 1 aliphatic heterocycles. The van der Waals surface area contributed by atoms with Crippen LogP contribution in [0.25, 0.3) is 0 Å². The number of aliphatic hydroxyl groups excluding tert-OH is 1. The van der Waals surface area contributed by atoms with E-state index in [0.717, 1.165) is 18.7 Å². The number of piperidine rings is 1. The van der Waals surface area contributed by atoms with Crippen LogP contribution in [0.2, 0.25) is 0 Å². The fourth-order valence-electron chi connectivity index (χ4n) is 2.32. The second kappa shape index (κ2) is 6.02. The molecule has 104 valence electrons. The van der Waals surface area contributed by atoms with Crippen LogP contribution in [0.5, 0.6) is 0 Å². The first-order valence-corrected chi connectivity index (χ1v) is 6.78. The smallest absolute Gasteiger partial charge is 0.256 e. The summed E-state index contributed by atoms with van der Waals surface area (Å²) in [5.74, 6) is 0.221. The van der Waals surface area contributed by atoms with Crippen LogP contribution in [0, 0.1) is 5.92 Å². The van der Waals surface area contributed by atoms with Crippen molar-refractivity contribution in [3.63, 3.8) is 0 Å². The maximum Gasteiger partial charge on any atom is 0.256 e. The first-order valence-electron chi connectivity index (χ1n) is 6.78. The second-order valence-electron chi connectivity index (χ2n) is 5.04. The van der Waals surface area contributed by atoms with Crippen LogP contribution in [0.4, 0.5) is 5.69 Å². The number of aliphatic hydroxyl groups is 1. The number of hydrogen-bond acceptors (Lipinski definition) is 4. The number of nitrogens with zero attached hydrogens (tertiary/aromatic N) is 2. The predicted octanol–water partition coefficient (Wildman–Crippen LogP) is 1.36. The van der Waals surface area contributed by atoms with Gasteiger partial charge in [-0.05, 0) is 25.3 Å². The number of hydrogen-bond donors (Lipinski definition) is 2. The molecule has 0 bridgehead atoms. The maximum absolute atomic E-state index is 12.5. The van der Waals surface area contributed by atoms with Crippen molar-refractivity contribution in [3.05, 3.63) is 24.0 Å². The lowest BCUT2D eigenvalue weighted by atomic mass is 9.95. The van der Waals surface area contributed by atoms with Crippen molar-refractivity contribution in [2.45, 2.75) is 26.4 Å². The van der Waals surface area contributed by atoms with Gasteiger partial charge in [0.2, 0.25) is 0 Å². The first kappa shape index (κ1) is 13.8. The number of anilines is 1. The maximum atomic E-state index is 12.5. The average molecular weight is 263 g/mol. The topological polar surface area (TPSA) is 65.5 Å². The summed E-state index contributed by atoms with van der Waals surface area (Å²) in [6.45, 7) is 5.85. The van der Waals surface area contributed by atoms with Crippen molar-refractivity contribution in [3.8, 4) is 0 Å². The number of pyridine rings is 1. The Labute approximate surface area is 113 Å². The zero-order valence-corrected chi connectivity index (χ0v) is 11.5. The third kappa shape index (κ3) is 3.04. The largest absolute Gasteiger partial charge is 0.391 e. The summed E-state index contributed by atoms with van der Waals surface area (Å²) in [4.78, 5) is 18.3. The molecule has 2 heterocycles. The zero-order valence-electron chi connectivity index (χ0n) is 11.5. The summed E-state index contributed by atoms with van der Waals surface area (Å²) in [5.41, 5.74) is 1.38. The fourth-order valence-corrected chi connectivity index (χ4v) is 2.32. The Hall–Kier alpha value is -1.62. The number of carbonyl (C=O) groups is 1. The van der Waals surface area contributed by atoms with E-state index in [1.165, 1.54) is 0 Å². The predicted molar refractivity (Wildman–Crippen MR) is 74.1 cm³/mol. The molecular weight excluding hydrogens is 242 g/mol. The minimum Gasteiger partial charge on any atom is -0.391 e. The van der Waals surface area contributed by atoms with Crippen molar-refractivity contribution in [1.82, 2.24) is 9.88 Å². The molecule has 0 aliphatic carbocycles. The van der Waals surface area contributed by atoms with E-state index in [-0.39, 0.29) is 11.8 Å². The van der Waals surface area contributed by atoms with E-state index >= 15 is 0 Å². The van der Waals surface area contributed by atoms with Gasteiger partial charge in [0, 0.05) is 25.8 Å². The van der Waals surface area contributed by atoms with E-state index < -0.39 is 6.10 Å². The first-order chi connectivity index (χ1) is 9.13. The molecular formula is C14H21N3O2. The molecule has 2 N–H and O–H groups in total. The van der Waals surface area contributed by atoms with Crippen LogP contribution in [-0.2, 0) is 0 Å². The Balaban J connectivity index is 2.15. The Morgan fingerprint density at radius 2 is 2.42 bits per heavy atom. The highest BCUT2D eigenvalue weighted by Crippen LogP contribution is 2.21. The molecule has 0 spiro atoms. The van der Waals surface area contributed by atoms with E-state index in [1.807, 2.05) is 13.8 Å².